The van der Waals surface area contributed by atoms with Crippen molar-refractivity contribution in [2.75, 3.05) is 5.32 Å². The van der Waals surface area contributed by atoms with Crippen molar-refractivity contribution in [3.63, 3.8) is 0 Å². The van der Waals surface area contributed by atoms with Gasteiger partial charge in [0.05, 0.1) is 23.7 Å². The highest BCUT2D eigenvalue weighted by Crippen LogP contribution is 2.22. The molecule has 2 aromatic carbocycles. The Morgan fingerprint density at radius 3 is 2.52 bits per heavy atom. The van der Waals surface area contributed by atoms with E-state index in [2.05, 4.69) is 15.6 Å². The number of pyridine rings is 1. The minimum absolute atomic E-state index is 0.146. The summed E-state index contributed by atoms with van der Waals surface area (Å²) in [6.45, 7) is 1.45. The van der Waals surface area contributed by atoms with Crippen LogP contribution in [0.5, 0.6) is 0 Å². The van der Waals surface area contributed by atoms with Crippen molar-refractivity contribution in [3.8, 4) is 0 Å². The molecule has 0 spiro atoms. The molecule has 2 amide bonds. The van der Waals surface area contributed by atoms with Crippen molar-refractivity contribution in [1.82, 2.24) is 10.3 Å². The monoisotopic (exact) mass is 333 g/mol. The first kappa shape index (κ1) is 16.6. The normalized spacial score (nSPS) is 11.7. The average Bonchev–Trinajstić information content (AvgIpc) is 2.62. The minimum atomic E-state index is -0.373. The first-order valence-corrected chi connectivity index (χ1v) is 8.09. The van der Waals surface area contributed by atoms with E-state index in [0.717, 1.165) is 16.5 Å². The van der Waals surface area contributed by atoms with Crippen molar-refractivity contribution in [2.45, 2.75) is 19.4 Å². The lowest BCUT2D eigenvalue weighted by Crippen LogP contribution is -2.29. The third kappa shape index (κ3) is 4.20. The Bertz CT molecular complexity index is 888. The zero-order valence-corrected chi connectivity index (χ0v) is 13.9. The maximum Gasteiger partial charge on any atom is 0.226 e. The van der Waals surface area contributed by atoms with E-state index in [4.69, 9.17) is 0 Å². The predicted octanol–water partition coefficient (Wildman–Crippen LogP) is 3.44. The third-order valence-electron chi connectivity index (χ3n) is 3.88. The van der Waals surface area contributed by atoms with Gasteiger partial charge in [-0.05, 0) is 17.7 Å². The Morgan fingerprint density at radius 2 is 1.76 bits per heavy atom. The van der Waals surface area contributed by atoms with Crippen LogP contribution in [0.15, 0.2) is 66.9 Å². The molecule has 0 saturated carbocycles. The third-order valence-corrected chi connectivity index (χ3v) is 3.88. The van der Waals surface area contributed by atoms with Gasteiger partial charge in [0.2, 0.25) is 11.8 Å². The number of amides is 2. The van der Waals surface area contributed by atoms with Crippen molar-refractivity contribution in [3.05, 3.63) is 72.4 Å². The lowest BCUT2D eigenvalue weighted by Gasteiger charge is -2.18. The molecule has 5 nitrogen and oxygen atoms in total. The van der Waals surface area contributed by atoms with Crippen LogP contribution in [0.25, 0.3) is 10.9 Å². The molecule has 5 heteroatoms. The lowest BCUT2D eigenvalue weighted by molar-refractivity contribution is -0.120. The Labute approximate surface area is 146 Å². The van der Waals surface area contributed by atoms with Gasteiger partial charge in [0.15, 0.2) is 0 Å². The molecule has 0 aliphatic carbocycles. The molecule has 126 valence electrons. The summed E-state index contributed by atoms with van der Waals surface area (Å²) in [4.78, 5) is 28.4. The first-order chi connectivity index (χ1) is 12.1. The van der Waals surface area contributed by atoms with E-state index in [1.165, 1.54) is 6.92 Å². The van der Waals surface area contributed by atoms with E-state index < -0.39 is 0 Å². The van der Waals surface area contributed by atoms with Crippen LogP contribution in [-0.2, 0) is 9.59 Å². The van der Waals surface area contributed by atoms with E-state index >= 15 is 0 Å². The SMILES string of the molecule is CC(=O)NC(CC(=O)Nc1cccc2cccnc12)c1ccccc1. The maximum absolute atomic E-state index is 12.5. The largest absolute Gasteiger partial charge is 0.349 e. The zero-order chi connectivity index (χ0) is 17.6. The second kappa shape index (κ2) is 7.57. The van der Waals surface area contributed by atoms with E-state index in [1.54, 1.807) is 6.20 Å². The molecule has 3 rings (SSSR count). The van der Waals surface area contributed by atoms with Crippen LogP contribution in [0, 0.1) is 0 Å². The summed E-state index contributed by atoms with van der Waals surface area (Å²) in [6.07, 6.45) is 1.84. The van der Waals surface area contributed by atoms with Gasteiger partial charge in [0, 0.05) is 18.5 Å². The van der Waals surface area contributed by atoms with Crippen LogP contribution < -0.4 is 10.6 Å². The van der Waals surface area contributed by atoms with Gasteiger partial charge in [-0.2, -0.15) is 0 Å². The summed E-state index contributed by atoms with van der Waals surface area (Å²) in [5.74, 6) is -0.353. The van der Waals surface area contributed by atoms with E-state index in [9.17, 15) is 9.59 Å². The molecule has 1 atom stereocenters. The number of para-hydroxylation sites is 1. The quantitative estimate of drug-likeness (QED) is 0.751. The highest BCUT2D eigenvalue weighted by atomic mass is 16.2. The van der Waals surface area contributed by atoms with Crippen LogP contribution in [0.1, 0.15) is 24.9 Å². The Kier molecular flexibility index (Phi) is 5.04. The highest BCUT2D eigenvalue weighted by Gasteiger charge is 2.17. The van der Waals surface area contributed by atoms with Gasteiger partial charge in [-0.15, -0.1) is 0 Å². The van der Waals surface area contributed by atoms with Crippen molar-refractivity contribution < 1.29 is 9.59 Å². The summed E-state index contributed by atoms with van der Waals surface area (Å²) in [6, 6.07) is 18.5. The Balaban J connectivity index is 1.78. The highest BCUT2D eigenvalue weighted by molar-refractivity contribution is 6.00. The maximum atomic E-state index is 12.5. The van der Waals surface area contributed by atoms with Crippen molar-refractivity contribution >= 4 is 28.4 Å². The molecule has 1 aromatic heterocycles. The molecule has 25 heavy (non-hydrogen) atoms. The van der Waals surface area contributed by atoms with E-state index in [-0.39, 0.29) is 24.3 Å². The first-order valence-electron chi connectivity index (χ1n) is 8.09. The van der Waals surface area contributed by atoms with Crippen LogP contribution in [0.3, 0.4) is 0 Å². The molecule has 1 unspecified atom stereocenters. The average molecular weight is 333 g/mol. The van der Waals surface area contributed by atoms with Crippen molar-refractivity contribution in [1.29, 1.82) is 0 Å². The number of benzene rings is 2. The summed E-state index contributed by atoms with van der Waals surface area (Å²) < 4.78 is 0. The molecule has 0 aliphatic heterocycles. The van der Waals surface area contributed by atoms with Gasteiger partial charge >= 0.3 is 0 Å². The van der Waals surface area contributed by atoms with Gasteiger partial charge in [-0.25, -0.2) is 0 Å². The molecule has 0 fully saturated rings. The summed E-state index contributed by atoms with van der Waals surface area (Å²) in [5, 5.41) is 6.70. The topological polar surface area (TPSA) is 71.1 Å². The fourth-order valence-electron chi connectivity index (χ4n) is 2.77. The van der Waals surface area contributed by atoms with Crippen LogP contribution in [0.2, 0.25) is 0 Å². The van der Waals surface area contributed by atoms with Crippen LogP contribution in [0.4, 0.5) is 5.69 Å². The number of nitrogens with one attached hydrogen (secondary N) is 2. The Hall–Kier alpha value is -3.21. The predicted molar refractivity (Wildman–Crippen MR) is 98.0 cm³/mol. The van der Waals surface area contributed by atoms with Gasteiger partial charge in [0.1, 0.15) is 0 Å². The fourth-order valence-corrected chi connectivity index (χ4v) is 2.77. The number of hydrogen-bond acceptors (Lipinski definition) is 3. The van der Waals surface area contributed by atoms with Gasteiger partial charge in [-0.3, -0.25) is 14.6 Å². The van der Waals surface area contributed by atoms with Gasteiger partial charge in [0.25, 0.3) is 0 Å². The van der Waals surface area contributed by atoms with Crippen molar-refractivity contribution in [2.24, 2.45) is 0 Å². The molecule has 3 aromatic rings. The van der Waals surface area contributed by atoms with E-state index in [0.29, 0.717) is 5.69 Å². The van der Waals surface area contributed by atoms with Gasteiger partial charge < -0.3 is 10.6 Å². The summed E-state index contributed by atoms with van der Waals surface area (Å²) in [7, 11) is 0. The molecule has 0 aliphatic rings. The number of rotatable bonds is 5. The minimum Gasteiger partial charge on any atom is -0.349 e. The summed E-state index contributed by atoms with van der Waals surface area (Å²) >= 11 is 0. The molecule has 1 heterocycles. The number of fused-ring (bicyclic) bond motifs is 1. The standard InChI is InChI=1S/C20H19N3O2/c1-14(24)22-18(15-7-3-2-4-8-15)13-19(25)23-17-11-5-9-16-10-6-12-21-20(16)17/h2-12,18H,13H2,1H3,(H,22,24)(H,23,25). The summed E-state index contributed by atoms with van der Waals surface area (Å²) in [5.41, 5.74) is 2.30. The van der Waals surface area contributed by atoms with Crippen LogP contribution in [-0.4, -0.2) is 16.8 Å². The number of carbonyl (C=O) groups is 2. The number of carbonyl (C=O) groups excluding carboxylic acids is 2. The van der Waals surface area contributed by atoms with Crippen LogP contribution >= 0.6 is 0 Å². The molecular formula is C20H19N3O2. The van der Waals surface area contributed by atoms with E-state index in [1.807, 2.05) is 60.7 Å². The number of hydrogen-bond donors (Lipinski definition) is 2. The number of anilines is 1. The number of aromatic nitrogens is 1. The molecule has 0 bridgehead atoms. The zero-order valence-electron chi connectivity index (χ0n) is 13.9. The number of nitrogens with zero attached hydrogens (tertiary/aromatic N) is 1. The molecule has 0 radical (unpaired) electrons. The second-order valence-electron chi connectivity index (χ2n) is 5.80. The molecular weight excluding hydrogens is 314 g/mol. The Morgan fingerprint density at radius 1 is 1.00 bits per heavy atom. The molecule has 0 saturated heterocycles. The fraction of sp³-hybridized carbons (Fsp3) is 0.150. The van der Waals surface area contributed by atoms with Gasteiger partial charge in [-0.1, -0.05) is 48.5 Å². The second-order valence-corrected chi connectivity index (χ2v) is 5.80. The molecule has 2 N–H and O–H groups in total. The lowest BCUT2D eigenvalue weighted by atomic mass is 10.0. The smallest absolute Gasteiger partial charge is 0.226 e.